The molecule has 5 nitrogen and oxygen atoms in total. The van der Waals surface area contributed by atoms with Gasteiger partial charge in [-0.1, -0.05) is 26.8 Å². The molecule has 0 bridgehead atoms. The van der Waals surface area contributed by atoms with Crippen molar-refractivity contribution in [1.82, 2.24) is 10.6 Å². The first-order valence-corrected chi connectivity index (χ1v) is 11.9. The Kier molecular flexibility index (Phi) is 7.04. The number of carbonyl (C=O) groups is 2. The Morgan fingerprint density at radius 3 is 2.50 bits per heavy atom. The monoisotopic (exact) mass is 446 g/mol. The quantitative estimate of drug-likeness (QED) is 0.645. The molecule has 2 fully saturated rings. The lowest BCUT2D eigenvalue weighted by Crippen LogP contribution is -2.59. The number of aliphatic hydroxyl groups is 1. The predicted octanol–water partition coefficient (Wildman–Crippen LogP) is 4.30. The zero-order valence-electron chi connectivity index (χ0n) is 20.2. The van der Waals surface area contributed by atoms with Crippen LogP contribution in [0.5, 0.6) is 0 Å². The van der Waals surface area contributed by atoms with Crippen molar-refractivity contribution in [3.8, 4) is 0 Å². The second-order valence-corrected chi connectivity index (χ2v) is 11.4. The zero-order chi connectivity index (χ0) is 23.8. The number of halogens is 1. The summed E-state index contributed by atoms with van der Waals surface area (Å²) in [5.41, 5.74) is -0.0282. The number of rotatable bonds is 4. The molecule has 2 amide bonds. The van der Waals surface area contributed by atoms with Crippen LogP contribution < -0.4 is 10.6 Å². The van der Waals surface area contributed by atoms with Gasteiger partial charge in [0, 0.05) is 23.1 Å². The molecule has 1 aromatic carbocycles. The molecule has 0 heterocycles. The minimum Gasteiger partial charge on any atom is -0.392 e. The Balaban J connectivity index is 1.75. The summed E-state index contributed by atoms with van der Waals surface area (Å²) in [6.07, 6.45) is 2.90. The average molecular weight is 447 g/mol. The summed E-state index contributed by atoms with van der Waals surface area (Å²) < 4.78 is 13.5. The first-order valence-electron chi connectivity index (χ1n) is 11.9. The molecule has 2 aliphatic carbocycles. The van der Waals surface area contributed by atoms with Gasteiger partial charge in [-0.3, -0.25) is 9.59 Å². The lowest BCUT2D eigenvalue weighted by atomic mass is 9.51. The van der Waals surface area contributed by atoms with E-state index >= 15 is 0 Å². The van der Waals surface area contributed by atoms with Crippen molar-refractivity contribution in [2.45, 2.75) is 84.9 Å². The van der Waals surface area contributed by atoms with Crippen LogP contribution in [0.2, 0.25) is 0 Å². The van der Waals surface area contributed by atoms with Crippen LogP contribution in [0, 0.1) is 34.9 Å². The van der Waals surface area contributed by atoms with Crippen molar-refractivity contribution in [2.24, 2.45) is 29.1 Å². The van der Waals surface area contributed by atoms with Crippen LogP contribution in [-0.4, -0.2) is 34.6 Å². The van der Waals surface area contributed by atoms with Crippen molar-refractivity contribution in [1.29, 1.82) is 0 Å². The van der Waals surface area contributed by atoms with Crippen molar-refractivity contribution in [2.75, 3.05) is 0 Å². The summed E-state index contributed by atoms with van der Waals surface area (Å²) in [6.45, 7) is 12.1. The maximum Gasteiger partial charge on any atom is 0.251 e. The minimum atomic E-state index is -0.613. The van der Waals surface area contributed by atoms with E-state index in [-0.39, 0.29) is 52.5 Å². The van der Waals surface area contributed by atoms with E-state index in [9.17, 15) is 19.1 Å². The van der Waals surface area contributed by atoms with E-state index in [1.54, 1.807) is 6.07 Å². The van der Waals surface area contributed by atoms with Crippen LogP contribution in [0.3, 0.4) is 0 Å². The highest BCUT2D eigenvalue weighted by molar-refractivity contribution is 5.94. The van der Waals surface area contributed by atoms with E-state index in [0.29, 0.717) is 5.56 Å². The van der Waals surface area contributed by atoms with Crippen LogP contribution in [0.15, 0.2) is 24.3 Å². The molecule has 7 atom stereocenters. The van der Waals surface area contributed by atoms with Crippen LogP contribution in [0.4, 0.5) is 4.39 Å². The number of fused-ring (bicyclic) bond motifs is 1. The Hall–Kier alpha value is -1.95. The highest BCUT2D eigenvalue weighted by Gasteiger charge is 2.54. The molecule has 2 saturated carbocycles. The molecular weight excluding hydrogens is 407 g/mol. The average Bonchev–Trinajstić information content (AvgIpc) is 2.68. The van der Waals surface area contributed by atoms with Gasteiger partial charge in [-0.05, 0) is 87.8 Å². The number of benzene rings is 1. The fourth-order valence-electron chi connectivity index (χ4n) is 6.06. The molecule has 2 aliphatic rings. The molecule has 6 heteroatoms. The van der Waals surface area contributed by atoms with Gasteiger partial charge in [0.2, 0.25) is 5.91 Å². The van der Waals surface area contributed by atoms with Gasteiger partial charge in [0.1, 0.15) is 5.82 Å². The largest absolute Gasteiger partial charge is 0.392 e. The maximum atomic E-state index is 13.5. The van der Waals surface area contributed by atoms with Crippen LogP contribution in [-0.2, 0) is 4.79 Å². The summed E-state index contributed by atoms with van der Waals surface area (Å²) in [5.74, 6) is -1.12. The van der Waals surface area contributed by atoms with E-state index in [1.807, 2.05) is 27.7 Å². The van der Waals surface area contributed by atoms with Gasteiger partial charge in [0.25, 0.3) is 5.91 Å². The van der Waals surface area contributed by atoms with Gasteiger partial charge in [0.05, 0.1) is 6.10 Å². The Labute approximate surface area is 191 Å². The highest BCUT2D eigenvalue weighted by Crippen LogP contribution is 2.55. The fraction of sp³-hybridized carbons (Fsp3) is 0.692. The summed E-state index contributed by atoms with van der Waals surface area (Å²) in [4.78, 5) is 25.5. The number of nitrogens with one attached hydrogen (secondary N) is 2. The summed E-state index contributed by atoms with van der Waals surface area (Å²) in [6, 6.07) is 5.60. The van der Waals surface area contributed by atoms with E-state index < -0.39 is 11.9 Å². The highest BCUT2D eigenvalue weighted by atomic mass is 19.1. The third-order valence-corrected chi connectivity index (χ3v) is 7.85. The van der Waals surface area contributed by atoms with Gasteiger partial charge in [-0.15, -0.1) is 0 Å². The molecule has 0 spiro atoms. The summed E-state index contributed by atoms with van der Waals surface area (Å²) in [5, 5.41) is 17.6. The molecule has 0 aliphatic heterocycles. The zero-order valence-corrected chi connectivity index (χ0v) is 20.2. The van der Waals surface area contributed by atoms with Gasteiger partial charge in [-0.25, -0.2) is 4.39 Å². The first-order chi connectivity index (χ1) is 14.8. The molecule has 178 valence electrons. The van der Waals surface area contributed by atoms with Crippen molar-refractivity contribution >= 4 is 11.8 Å². The fourth-order valence-corrected chi connectivity index (χ4v) is 6.06. The molecular formula is C26H39FN2O3. The second-order valence-electron chi connectivity index (χ2n) is 11.4. The van der Waals surface area contributed by atoms with Crippen LogP contribution >= 0.6 is 0 Å². The lowest BCUT2D eigenvalue weighted by Gasteiger charge is -2.56. The van der Waals surface area contributed by atoms with E-state index in [4.69, 9.17) is 0 Å². The van der Waals surface area contributed by atoms with Crippen LogP contribution in [0.1, 0.15) is 77.6 Å². The van der Waals surface area contributed by atoms with E-state index in [2.05, 4.69) is 24.5 Å². The molecule has 0 radical (unpaired) electrons. The molecule has 3 rings (SSSR count). The normalized spacial score (nSPS) is 33.7. The Bertz CT molecular complexity index is 852. The third-order valence-electron chi connectivity index (χ3n) is 7.85. The molecule has 0 aromatic heterocycles. The molecule has 32 heavy (non-hydrogen) atoms. The van der Waals surface area contributed by atoms with Crippen molar-refractivity contribution < 1.29 is 19.1 Å². The number of hydrogen-bond acceptors (Lipinski definition) is 3. The van der Waals surface area contributed by atoms with Crippen molar-refractivity contribution in [3.05, 3.63) is 35.6 Å². The predicted molar refractivity (Wildman–Crippen MR) is 123 cm³/mol. The van der Waals surface area contributed by atoms with E-state index in [1.165, 1.54) is 18.2 Å². The molecule has 0 saturated heterocycles. The second kappa shape index (κ2) is 9.12. The molecule has 3 N–H and O–H groups in total. The lowest BCUT2D eigenvalue weighted by molar-refractivity contribution is -0.143. The SMILES string of the molecule is C[C@H]1[C@@H]2[C@@H](O)[C@H]([C@H](C)C(=O)NC(C)(C)C)CC[C@@]2(C)CC[C@@H]1NC(=O)c1cccc(F)c1. The van der Waals surface area contributed by atoms with Crippen LogP contribution in [0.25, 0.3) is 0 Å². The number of amides is 2. The third kappa shape index (κ3) is 5.16. The van der Waals surface area contributed by atoms with Gasteiger partial charge < -0.3 is 15.7 Å². The maximum absolute atomic E-state index is 13.5. The van der Waals surface area contributed by atoms with E-state index in [0.717, 1.165) is 25.7 Å². The molecule has 1 aromatic rings. The Morgan fingerprint density at radius 2 is 1.88 bits per heavy atom. The first kappa shape index (κ1) is 24.7. The van der Waals surface area contributed by atoms with Gasteiger partial charge >= 0.3 is 0 Å². The van der Waals surface area contributed by atoms with Gasteiger partial charge in [-0.2, -0.15) is 0 Å². The number of aliphatic hydroxyl groups excluding tert-OH is 1. The standard InChI is InChI=1S/C26H39FN2O3/c1-15(23(31)29-25(3,4)5)19-10-12-26(6)13-11-20(16(2)21(26)22(19)30)28-24(32)17-8-7-9-18(27)14-17/h7-9,14-16,19-22,30H,10-13H2,1-6H3,(H,28,32)(H,29,31)/t15-,16+,19-,20-,21+,22-,26-/m0/s1. The molecule has 0 unspecified atom stereocenters. The van der Waals surface area contributed by atoms with Gasteiger partial charge in [0.15, 0.2) is 0 Å². The topological polar surface area (TPSA) is 78.4 Å². The number of hydrogen-bond donors (Lipinski definition) is 3. The summed E-state index contributed by atoms with van der Waals surface area (Å²) in [7, 11) is 0. The minimum absolute atomic E-state index is 0.0160. The summed E-state index contributed by atoms with van der Waals surface area (Å²) >= 11 is 0. The van der Waals surface area contributed by atoms with Crippen molar-refractivity contribution in [3.63, 3.8) is 0 Å². The number of carbonyl (C=O) groups excluding carboxylic acids is 2. The smallest absolute Gasteiger partial charge is 0.251 e. The Morgan fingerprint density at radius 1 is 1.22 bits per heavy atom.